The summed E-state index contributed by atoms with van der Waals surface area (Å²) in [7, 11) is 1.70. The maximum atomic E-state index is 5.43. The van der Waals surface area contributed by atoms with Gasteiger partial charge in [0.15, 0.2) is 5.82 Å². The molecule has 0 aliphatic heterocycles. The smallest absolute Gasteiger partial charge is 0.240 e. The van der Waals surface area contributed by atoms with E-state index in [2.05, 4.69) is 28.9 Å². The number of nitrogens with two attached hydrogens (primary N) is 1. The highest BCUT2D eigenvalue weighted by Gasteiger charge is 2.15. The second-order valence-electron chi connectivity index (χ2n) is 4.03. The number of methoxy groups -OCH3 is 1. The van der Waals surface area contributed by atoms with Gasteiger partial charge in [0.05, 0.1) is 19.7 Å². The Morgan fingerprint density at radius 2 is 2.29 bits per heavy atom. The summed E-state index contributed by atoms with van der Waals surface area (Å²) in [5.74, 6) is 1.16. The first-order valence-corrected chi connectivity index (χ1v) is 5.95. The third-order valence-corrected chi connectivity index (χ3v) is 2.83. The number of hydrogen-bond acceptors (Lipinski definition) is 6. The first-order chi connectivity index (χ1) is 8.21. The van der Waals surface area contributed by atoms with Gasteiger partial charge >= 0.3 is 0 Å². The first kappa shape index (κ1) is 14.1. The van der Waals surface area contributed by atoms with Crippen LogP contribution < -0.4 is 5.73 Å². The summed E-state index contributed by atoms with van der Waals surface area (Å²) in [4.78, 5) is 6.48. The van der Waals surface area contributed by atoms with Crippen molar-refractivity contribution in [2.75, 3.05) is 20.3 Å². The van der Waals surface area contributed by atoms with Crippen molar-refractivity contribution in [2.24, 2.45) is 5.73 Å². The molecule has 0 bridgehead atoms. The fraction of sp³-hybridized carbons (Fsp3) is 0.818. The third-order valence-electron chi connectivity index (χ3n) is 2.83. The molecule has 0 radical (unpaired) electrons. The highest BCUT2D eigenvalue weighted by Crippen LogP contribution is 2.08. The van der Waals surface area contributed by atoms with Gasteiger partial charge in [-0.25, -0.2) is 0 Å². The summed E-state index contributed by atoms with van der Waals surface area (Å²) in [5, 5.41) is 3.90. The van der Waals surface area contributed by atoms with Crippen LogP contribution in [0.1, 0.15) is 32.0 Å². The summed E-state index contributed by atoms with van der Waals surface area (Å²) < 4.78 is 10.1. The fourth-order valence-corrected chi connectivity index (χ4v) is 1.54. The van der Waals surface area contributed by atoms with Crippen LogP contribution in [0, 0.1) is 0 Å². The summed E-state index contributed by atoms with van der Waals surface area (Å²) >= 11 is 0. The van der Waals surface area contributed by atoms with Crippen LogP contribution in [0.4, 0.5) is 0 Å². The Kier molecular flexibility index (Phi) is 6.10. The van der Waals surface area contributed by atoms with E-state index in [4.69, 9.17) is 15.0 Å². The number of rotatable bonds is 8. The predicted octanol–water partition coefficient (Wildman–Crippen LogP) is 0.775. The van der Waals surface area contributed by atoms with Crippen molar-refractivity contribution < 1.29 is 9.26 Å². The van der Waals surface area contributed by atoms with E-state index >= 15 is 0 Å². The minimum Gasteiger partial charge on any atom is -0.383 e. The molecule has 6 heteroatoms. The first-order valence-electron chi connectivity index (χ1n) is 5.95. The van der Waals surface area contributed by atoms with E-state index in [1.807, 2.05) is 0 Å². The van der Waals surface area contributed by atoms with Crippen molar-refractivity contribution in [2.45, 2.75) is 39.4 Å². The maximum Gasteiger partial charge on any atom is 0.240 e. The molecular formula is C11H22N4O2. The van der Waals surface area contributed by atoms with E-state index in [0.717, 1.165) is 13.0 Å². The van der Waals surface area contributed by atoms with Crippen LogP contribution in [0.25, 0.3) is 0 Å². The SMILES string of the molecule is CCC(C)N(CCOC)Cc1noc(CN)n1. The van der Waals surface area contributed by atoms with Gasteiger partial charge in [-0.05, 0) is 13.3 Å². The van der Waals surface area contributed by atoms with Gasteiger partial charge in [-0.1, -0.05) is 12.1 Å². The quantitative estimate of drug-likeness (QED) is 0.725. The predicted molar refractivity (Wildman–Crippen MR) is 64.2 cm³/mol. The molecule has 1 atom stereocenters. The summed E-state index contributed by atoms with van der Waals surface area (Å²) in [6.45, 7) is 6.85. The van der Waals surface area contributed by atoms with Crippen LogP contribution in [-0.4, -0.2) is 41.3 Å². The van der Waals surface area contributed by atoms with E-state index < -0.39 is 0 Å². The second kappa shape index (κ2) is 7.37. The van der Waals surface area contributed by atoms with E-state index in [0.29, 0.717) is 30.9 Å². The lowest BCUT2D eigenvalue weighted by atomic mass is 10.2. The van der Waals surface area contributed by atoms with Gasteiger partial charge in [0.1, 0.15) is 0 Å². The van der Waals surface area contributed by atoms with E-state index in [1.165, 1.54) is 0 Å². The highest BCUT2D eigenvalue weighted by molar-refractivity contribution is 4.86. The molecule has 0 saturated heterocycles. The van der Waals surface area contributed by atoms with Crippen LogP contribution in [-0.2, 0) is 17.8 Å². The Labute approximate surface area is 102 Å². The van der Waals surface area contributed by atoms with Gasteiger partial charge in [-0.15, -0.1) is 0 Å². The van der Waals surface area contributed by atoms with Gasteiger partial charge in [-0.2, -0.15) is 4.98 Å². The van der Waals surface area contributed by atoms with Crippen LogP contribution in [0.3, 0.4) is 0 Å². The largest absolute Gasteiger partial charge is 0.383 e. The average molecular weight is 242 g/mol. The van der Waals surface area contributed by atoms with Crippen molar-refractivity contribution >= 4 is 0 Å². The molecule has 0 saturated carbocycles. The molecule has 0 fully saturated rings. The molecule has 0 aromatic carbocycles. The second-order valence-corrected chi connectivity index (χ2v) is 4.03. The minimum atomic E-state index is 0.286. The number of aromatic nitrogens is 2. The molecule has 1 rings (SSSR count). The molecule has 0 spiro atoms. The van der Waals surface area contributed by atoms with Gasteiger partial charge in [0.2, 0.25) is 5.89 Å². The monoisotopic (exact) mass is 242 g/mol. The zero-order valence-corrected chi connectivity index (χ0v) is 10.8. The molecule has 0 aliphatic carbocycles. The zero-order chi connectivity index (χ0) is 12.7. The summed E-state index contributed by atoms with van der Waals surface area (Å²) in [6.07, 6.45) is 1.07. The molecule has 1 heterocycles. The van der Waals surface area contributed by atoms with Gasteiger partial charge in [-0.3, -0.25) is 4.90 Å². The molecule has 0 aliphatic rings. The van der Waals surface area contributed by atoms with Gasteiger partial charge in [0.25, 0.3) is 0 Å². The normalized spacial score (nSPS) is 13.2. The maximum absolute atomic E-state index is 5.43. The lowest BCUT2D eigenvalue weighted by Crippen LogP contribution is -2.35. The van der Waals surface area contributed by atoms with Gasteiger partial charge in [0, 0.05) is 19.7 Å². The molecule has 1 aromatic rings. The van der Waals surface area contributed by atoms with Crippen molar-refractivity contribution in [3.05, 3.63) is 11.7 Å². The average Bonchev–Trinajstić information content (AvgIpc) is 2.81. The Hall–Kier alpha value is -0.980. The molecule has 0 amide bonds. The van der Waals surface area contributed by atoms with Crippen LogP contribution in [0.15, 0.2) is 4.52 Å². The zero-order valence-electron chi connectivity index (χ0n) is 10.8. The highest BCUT2D eigenvalue weighted by atomic mass is 16.5. The molecule has 17 heavy (non-hydrogen) atoms. The number of ether oxygens (including phenoxy) is 1. The van der Waals surface area contributed by atoms with Crippen LogP contribution >= 0.6 is 0 Å². The minimum absolute atomic E-state index is 0.286. The lowest BCUT2D eigenvalue weighted by Gasteiger charge is -2.26. The molecule has 6 nitrogen and oxygen atoms in total. The Balaban J connectivity index is 2.57. The fourth-order valence-electron chi connectivity index (χ4n) is 1.54. The van der Waals surface area contributed by atoms with Gasteiger partial charge < -0.3 is 15.0 Å². The molecule has 2 N–H and O–H groups in total. The van der Waals surface area contributed by atoms with Crippen molar-refractivity contribution in [3.63, 3.8) is 0 Å². The van der Waals surface area contributed by atoms with Crippen molar-refractivity contribution in [1.29, 1.82) is 0 Å². The topological polar surface area (TPSA) is 77.4 Å². The van der Waals surface area contributed by atoms with Crippen molar-refractivity contribution in [1.82, 2.24) is 15.0 Å². The lowest BCUT2D eigenvalue weighted by molar-refractivity contribution is 0.115. The standard InChI is InChI=1S/C11H22N4O2/c1-4-9(2)15(5-6-16-3)8-10-13-11(7-12)17-14-10/h9H,4-8,12H2,1-3H3. The van der Waals surface area contributed by atoms with Crippen molar-refractivity contribution in [3.8, 4) is 0 Å². The molecule has 98 valence electrons. The summed E-state index contributed by atoms with van der Waals surface area (Å²) in [6, 6.07) is 0.463. The Morgan fingerprint density at radius 1 is 1.53 bits per heavy atom. The molecule has 1 aromatic heterocycles. The Bertz CT molecular complexity index is 316. The van der Waals surface area contributed by atoms with Crippen LogP contribution in [0.5, 0.6) is 0 Å². The third kappa shape index (κ3) is 4.41. The van der Waals surface area contributed by atoms with E-state index in [1.54, 1.807) is 7.11 Å². The number of nitrogens with zero attached hydrogens (tertiary/aromatic N) is 3. The van der Waals surface area contributed by atoms with E-state index in [-0.39, 0.29) is 6.54 Å². The van der Waals surface area contributed by atoms with Crippen LogP contribution in [0.2, 0.25) is 0 Å². The summed E-state index contributed by atoms with van der Waals surface area (Å²) in [5.41, 5.74) is 5.43. The van der Waals surface area contributed by atoms with E-state index in [9.17, 15) is 0 Å². The Morgan fingerprint density at radius 3 is 2.82 bits per heavy atom. The number of hydrogen-bond donors (Lipinski definition) is 1. The molecular weight excluding hydrogens is 220 g/mol. The molecule has 1 unspecified atom stereocenters.